The van der Waals surface area contributed by atoms with E-state index in [0.717, 1.165) is 4.57 Å². The van der Waals surface area contributed by atoms with Crippen molar-refractivity contribution in [3.05, 3.63) is 11.6 Å². The first-order valence-electron chi connectivity index (χ1n) is 4.26. The molecule has 14 heavy (non-hydrogen) atoms. The van der Waals surface area contributed by atoms with Crippen LogP contribution in [0.3, 0.4) is 0 Å². The smallest absolute Gasteiger partial charge is 0.321 e. The molecule has 1 aliphatic rings. The molecule has 2 rings (SSSR count). The van der Waals surface area contributed by atoms with Gasteiger partial charge in [0.05, 0.1) is 6.04 Å². The lowest BCUT2D eigenvalue weighted by Gasteiger charge is -2.20. The van der Waals surface area contributed by atoms with Crippen LogP contribution in [0.15, 0.2) is 0 Å². The monoisotopic (exact) mass is 206 g/mol. The van der Waals surface area contributed by atoms with Gasteiger partial charge in [0.15, 0.2) is 0 Å². The van der Waals surface area contributed by atoms with E-state index < -0.39 is 18.0 Å². The highest BCUT2D eigenvalue weighted by Gasteiger charge is 2.39. The summed E-state index contributed by atoms with van der Waals surface area (Å²) in [7, 11) is 0. The Bertz CT molecular complexity index is 343. The normalized spacial score (nSPS) is 22.1. The molecule has 0 aromatic carbocycles. The van der Waals surface area contributed by atoms with Crippen molar-refractivity contribution in [3.63, 3.8) is 0 Å². The number of nitrogens with two attached hydrogens (primary N) is 1. The number of aromatic nitrogens is 3. The predicted molar refractivity (Wildman–Crippen MR) is 41.2 cm³/mol. The van der Waals surface area contributed by atoms with Gasteiger partial charge in [0, 0.05) is 6.54 Å². The van der Waals surface area contributed by atoms with Gasteiger partial charge >= 0.3 is 6.18 Å². The summed E-state index contributed by atoms with van der Waals surface area (Å²) in [6.45, 7) is 0.297. The first-order valence-corrected chi connectivity index (χ1v) is 4.26. The fourth-order valence-electron chi connectivity index (χ4n) is 1.62. The first-order chi connectivity index (χ1) is 6.50. The molecular formula is C7H9F3N4. The zero-order chi connectivity index (χ0) is 10.3. The summed E-state index contributed by atoms with van der Waals surface area (Å²) in [5.74, 6) is -0.703. The molecule has 1 aromatic heterocycles. The van der Waals surface area contributed by atoms with Crippen LogP contribution in [0.1, 0.15) is 30.5 Å². The topological polar surface area (TPSA) is 56.7 Å². The second kappa shape index (κ2) is 2.94. The van der Waals surface area contributed by atoms with Gasteiger partial charge in [0.2, 0.25) is 5.82 Å². The molecule has 1 atom stereocenters. The Morgan fingerprint density at radius 2 is 2.07 bits per heavy atom. The second-order valence-electron chi connectivity index (χ2n) is 3.28. The van der Waals surface area contributed by atoms with E-state index in [9.17, 15) is 13.2 Å². The minimum Gasteiger partial charge on any atom is -0.321 e. The average molecular weight is 206 g/mol. The number of halogens is 3. The third-order valence-corrected chi connectivity index (χ3v) is 2.26. The van der Waals surface area contributed by atoms with Gasteiger partial charge in [0.25, 0.3) is 0 Å². The van der Waals surface area contributed by atoms with Gasteiger partial charge in [0.1, 0.15) is 5.82 Å². The maximum absolute atomic E-state index is 12.4. The Hall–Kier alpha value is -1.11. The molecule has 0 radical (unpaired) electrons. The minimum absolute atomic E-state index is 0.239. The molecule has 78 valence electrons. The van der Waals surface area contributed by atoms with E-state index in [1.807, 2.05) is 0 Å². The van der Waals surface area contributed by atoms with Crippen LogP contribution in [0, 0.1) is 0 Å². The van der Waals surface area contributed by atoms with Crippen LogP contribution < -0.4 is 5.73 Å². The Balaban J connectivity index is 2.46. The predicted octanol–water partition coefficient (Wildman–Crippen LogP) is 1.09. The molecule has 1 aromatic rings. The Labute approximate surface area is 77.9 Å². The summed E-state index contributed by atoms with van der Waals surface area (Å²) in [4.78, 5) is 0. The van der Waals surface area contributed by atoms with E-state index in [1.165, 1.54) is 0 Å². The molecular weight excluding hydrogens is 197 g/mol. The van der Waals surface area contributed by atoms with E-state index in [4.69, 9.17) is 5.73 Å². The van der Waals surface area contributed by atoms with Gasteiger partial charge in [-0.05, 0) is 12.8 Å². The van der Waals surface area contributed by atoms with Crippen LogP contribution >= 0.6 is 0 Å². The van der Waals surface area contributed by atoms with Crippen LogP contribution in [-0.2, 0) is 12.7 Å². The zero-order valence-electron chi connectivity index (χ0n) is 7.25. The standard InChI is InChI=1S/C7H9F3N4/c8-7(9,10)6-13-12-5-4(11)2-1-3-14(5)6/h4H,1-3,11H2. The fraction of sp³-hybridized carbons (Fsp3) is 0.714. The largest absolute Gasteiger partial charge is 0.451 e. The van der Waals surface area contributed by atoms with E-state index in [-0.39, 0.29) is 5.82 Å². The van der Waals surface area contributed by atoms with Gasteiger partial charge < -0.3 is 10.3 Å². The van der Waals surface area contributed by atoms with Crippen molar-refractivity contribution >= 4 is 0 Å². The molecule has 1 unspecified atom stereocenters. The highest BCUT2D eigenvalue weighted by Crippen LogP contribution is 2.31. The van der Waals surface area contributed by atoms with Crippen molar-refractivity contribution in [3.8, 4) is 0 Å². The summed E-state index contributed by atoms with van der Waals surface area (Å²) in [6.07, 6.45) is -3.15. The minimum atomic E-state index is -4.44. The molecule has 0 aliphatic carbocycles. The molecule has 0 saturated heterocycles. The lowest BCUT2D eigenvalue weighted by molar-refractivity contribution is -0.147. The Kier molecular flexibility index (Phi) is 1.99. The molecule has 2 heterocycles. The average Bonchev–Trinajstić information content (AvgIpc) is 2.47. The van der Waals surface area contributed by atoms with Crippen LogP contribution in [-0.4, -0.2) is 14.8 Å². The van der Waals surface area contributed by atoms with Crippen LogP contribution in [0.5, 0.6) is 0 Å². The lowest BCUT2D eigenvalue weighted by Crippen LogP contribution is -2.25. The van der Waals surface area contributed by atoms with E-state index >= 15 is 0 Å². The zero-order valence-corrected chi connectivity index (χ0v) is 7.25. The summed E-state index contributed by atoms with van der Waals surface area (Å²) in [5.41, 5.74) is 5.61. The highest BCUT2D eigenvalue weighted by molar-refractivity contribution is 5.05. The maximum atomic E-state index is 12.4. The lowest BCUT2D eigenvalue weighted by atomic mass is 10.1. The summed E-state index contributed by atoms with van der Waals surface area (Å²) in [5, 5.41) is 6.60. The summed E-state index contributed by atoms with van der Waals surface area (Å²) < 4.78 is 38.2. The highest BCUT2D eigenvalue weighted by atomic mass is 19.4. The van der Waals surface area contributed by atoms with Crippen molar-refractivity contribution < 1.29 is 13.2 Å². The number of fused-ring (bicyclic) bond motifs is 1. The molecule has 4 nitrogen and oxygen atoms in total. The van der Waals surface area contributed by atoms with E-state index in [1.54, 1.807) is 0 Å². The molecule has 2 N–H and O–H groups in total. The third kappa shape index (κ3) is 1.37. The van der Waals surface area contributed by atoms with Crippen molar-refractivity contribution in [2.75, 3.05) is 0 Å². The number of nitrogens with zero attached hydrogens (tertiary/aromatic N) is 3. The third-order valence-electron chi connectivity index (χ3n) is 2.26. The van der Waals surface area contributed by atoms with Gasteiger partial charge in [-0.1, -0.05) is 0 Å². The summed E-state index contributed by atoms with van der Waals surface area (Å²) in [6, 6.07) is -0.424. The van der Waals surface area contributed by atoms with Gasteiger partial charge in [-0.25, -0.2) is 0 Å². The van der Waals surface area contributed by atoms with Crippen molar-refractivity contribution in [2.45, 2.75) is 31.6 Å². The molecule has 1 aliphatic heterocycles. The van der Waals surface area contributed by atoms with E-state index in [2.05, 4.69) is 10.2 Å². The SMILES string of the molecule is NC1CCCn2c1nnc2C(F)(F)F. The van der Waals surface area contributed by atoms with Crippen molar-refractivity contribution in [1.82, 2.24) is 14.8 Å². The van der Waals surface area contributed by atoms with Gasteiger partial charge in [-0.15, -0.1) is 10.2 Å². The molecule has 0 spiro atoms. The van der Waals surface area contributed by atoms with Crippen LogP contribution in [0.25, 0.3) is 0 Å². The number of hydrogen-bond donors (Lipinski definition) is 1. The number of rotatable bonds is 0. The Morgan fingerprint density at radius 3 is 2.71 bits per heavy atom. The fourth-order valence-corrected chi connectivity index (χ4v) is 1.62. The van der Waals surface area contributed by atoms with Gasteiger partial charge in [-0.3, -0.25) is 0 Å². The molecule has 0 saturated carbocycles. The molecule has 0 bridgehead atoms. The first kappa shape index (κ1) is 9.45. The number of alkyl halides is 3. The molecule has 0 fully saturated rings. The van der Waals surface area contributed by atoms with Crippen LogP contribution in [0.2, 0.25) is 0 Å². The Morgan fingerprint density at radius 1 is 1.36 bits per heavy atom. The van der Waals surface area contributed by atoms with Crippen molar-refractivity contribution in [1.29, 1.82) is 0 Å². The molecule has 7 heteroatoms. The summed E-state index contributed by atoms with van der Waals surface area (Å²) >= 11 is 0. The van der Waals surface area contributed by atoms with Crippen molar-refractivity contribution in [2.24, 2.45) is 5.73 Å². The maximum Gasteiger partial charge on any atom is 0.451 e. The van der Waals surface area contributed by atoms with E-state index in [0.29, 0.717) is 19.4 Å². The van der Waals surface area contributed by atoms with Crippen LogP contribution in [0.4, 0.5) is 13.2 Å². The number of hydrogen-bond acceptors (Lipinski definition) is 3. The second-order valence-corrected chi connectivity index (χ2v) is 3.28. The van der Waals surface area contributed by atoms with Gasteiger partial charge in [-0.2, -0.15) is 13.2 Å². The quantitative estimate of drug-likeness (QED) is 0.691. The molecule has 0 amide bonds.